The second-order valence-corrected chi connectivity index (χ2v) is 7.87. The molecule has 0 bridgehead atoms. The van der Waals surface area contributed by atoms with Crippen LogP contribution < -0.4 is 5.11 Å². The molecule has 1 aliphatic rings. The third-order valence-corrected chi connectivity index (χ3v) is 5.73. The molecule has 1 aliphatic heterocycles. The van der Waals surface area contributed by atoms with E-state index < -0.39 is 17.9 Å². The number of benzene rings is 1. The van der Waals surface area contributed by atoms with Crippen molar-refractivity contribution in [3.8, 4) is 11.3 Å². The largest absolute Gasteiger partial charge is 0.548 e. The van der Waals surface area contributed by atoms with Crippen LogP contribution in [-0.2, 0) is 9.59 Å². The second kappa shape index (κ2) is 7.44. The number of carboxylic acid groups (broad SMARTS) is 1. The number of thiocarbonyl (C=S) groups is 1. The lowest BCUT2D eigenvalue weighted by Crippen LogP contribution is -2.48. The van der Waals surface area contributed by atoms with Gasteiger partial charge in [0.25, 0.3) is 5.91 Å². The van der Waals surface area contributed by atoms with Crippen LogP contribution in [0.4, 0.5) is 0 Å². The molecule has 2 heterocycles. The van der Waals surface area contributed by atoms with Crippen molar-refractivity contribution < 1.29 is 19.1 Å². The minimum Gasteiger partial charge on any atom is -0.548 e. The lowest BCUT2D eigenvalue weighted by Gasteiger charge is -2.23. The number of carbonyl (C=O) groups is 2. The molecular weight excluding hydrogens is 417 g/mol. The molecule has 0 unspecified atom stereocenters. The summed E-state index contributed by atoms with van der Waals surface area (Å²) in [4.78, 5) is 24.7. The maximum atomic E-state index is 12.4. The van der Waals surface area contributed by atoms with E-state index in [0.29, 0.717) is 21.6 Å². The molecule has 1 saturated heterocycles. The number of thioether (sulfide) groups is 1. The lowest BCUT2D eigenvalue weighted by atomic mass is 10.2. The van der Waals surface area contributed by atoms with E-state index in [2.05, 4.69) is 0 Å². The van der Waals surface area contributed by atoms with Gasteiger partial charge in [0.1, 0.15) is 15.8 Å². The van der Waals surface area contributed by atoms with Crippen molar-refractivity contribution >= 4 is 69.5 Å². The first-order chi connectivity index (χ1) is 12.3. The van der Waals surface area contributed by atoms with Gasteiger partial charge in [-0.3, -0.25) is 9.69 Å². The Morgan fingerprint density at radius 3 is 2.69 bits per heavy atom. The van der Waals surface area contributed by atoms with E-state index in [-0.39, 0.29) is 9.23 Å². The molecule has 0 N–H and O–H groups in total. The standard InChI is InChI=1S/C17H11Cl2NO4S2/c1-8(16(22)23)20-15(21)14(26-17(20)25)7-10-3-5-13(24-10)9-2-4-11(18)12(19)6-9/h2-8H,1H3,(H,22,23)/p-1/b14-7-/t8-/m0/s1. The summed E-state index contributed by atoms with van der Waals surface area (Å²) in [6.45, 7) is 1.35. The molecule has 9 heteroatoms. The van der Waals surface area contributed by atoms with Crippen LogP contribution in [0.2, 0.25) is 10.0 Å². The fraction of sp³-hybridized carbons (Fsp3) is 0.118. The number of nitrogens with zero attached hydrogens (tertiary/aromatic N) is 1. The van der Waals surface area contributed by atoms with Crippen molar-refractivity contribution in [3.63, 3.8) is 0 Å². The van der Waals surface area contributed by atoms with E-state index in [4.69, 9.17) is 39.8 Å². The first-order valence-corrected chi connectivity index (χ1v) is 9.29. The van der Waals surface area contributed by atoms with Crippen LogP contribution in [0.25, 0.3) is 17.4 Å². The SMILES string of the molecule is C[C@@H](C(=O)[O-])N1C(=O)/C(=C/c2ccc(-c3ccc(Cl)c(Cl)c3)o2)SC1=S. The summed E-state index contributed by atoms with van der Waals surface area (Å²) in [5.74, 6) is -0.896. The summed E-state index contributed by atoms with van der Waals surface area (Å²) < 4.78 is 5.88. The summed E-state index contributed by atoms with van der Waals surface area (Å²) in [7, 11) is 0. The number of carboxylic acids is 1. The number of rotatable bonds is 4. The summed E-state index contributed by atoms with van der Waals surface area (Å²) >= 11 is 18.0. The third-order valence-electron chi connectivity index (χ3n) is 3.66. The topological polar surface area (TPSA) is 73.6 Å². The summed E-state index contributed by atoms with van der Waals surface area (Å²) in [6, 6.07) is 7.37. The zero-order chi connectivity index (χ0) is 19.0. The molecule has 1 atom stereocenters. The quantitative estimate of drug-likeness (QED) is 0.549. The van der Waals surface area contributed by atoms with Crippen LogP contribution in [0.15, 0.2) is 39.7 Å². The highest BCUT2D eigenvalue weighted by Gasteiger charge is 2.36. The van der Waals surface area contributed by atoms with Crippen LogP contribution in [0.1, 0.15) is 12.7 Å². The van der Waals surface area contributed by atoms with Gasteiger partial charge in [-0.25, -0.2) is 0 Å². The number of halogens is 2. The Bertz CT molecular complexity index is 954. The van der Waals surface area contributed by atoms with Gasteiger partial charge in [0.2, 0.25) is 0 Å². The number of carbonyl (C=O) groups excluding carboxylic acids is 2. The van der Waals surface area contributed by atoms with Crippen molar-refractivity contribution in [1.29, 1.82) is 0 Å². The van der Waals surface area contributed by atoms with Gasteiger partial charge in [-0.1, -0.05) is 47.2 Å². The second-order valence-electron chi connectivity index (χ2n) is 5.38. The van der Waals surface area contributed by atoms with Gasteiger partial charge in [0.15, 0.2) is 0 Å². The molecule has 134 valence electrons. The van der Waals surface area contributed by atoms with Gasteiger partial charge in [-0.15, -0.1) is 0 Å². The van der Waals surface area contributed by atoms with Crippen molar-refractivity contribution in [2.24, 2.45) is 0 Å². The summed E-state index contributed by atoms with van der Waals surface area (Å²) in [5.41, 5.74) is 0.733. The summed E-state index contributed by atoms with van der Waals surface area (Å²) in [5, 5.41) is 11.9. The molecule has 0 radical (unpaired) electrons. The molecule has 0 aliphatic carbocycles. The molecule has 3 rings (SSSR count). The number of hydrogen-bond donors (Lipinski definition) is 0. The zero-order valence-electron chi connectivity index (χ0n) is 13.2. The smallest absolute Gasteiger partial charge is 0.266 e. The lowest BCUT2D eigenvalue weighted by molar-refractivity contribution is -0.309. The first kappa shape index (κ1) is 19.0. The highest BCUT2D eigenvalue weighted by Crippen LogP contribution is 2.35. The van der Waals surface area contributed by atoms with Gasteiger partial charge in [-0.2, -0.15) is 0 Å². The van der Waals surface area contributed by atoms with Crippen LogP contribution >= 0.6 is 47.2 Å². The van der Waals surface area contributed by atoms with Gasteiger partial charge in [0.05, 0.1) is 27.0 Å². The van der Waals surface area contributed by atoms with Crippen LogP contribution in [0.3, 0.4) is 0 Å². The Labute approximate surface area is 168 Å². The Hall–Kier alpha value is -1.80. The predicted octanol–water partition coefficient (Wildman–Crippen LogP) is 3.59. The average molecular weight is 427 g/mol. The minimum atomic E-state index is -1.37. The normalized spacial score (nSPS) is 17.2. The van der Waals surface area contributed by atoms with Crippen molar-refractivity contribution in [3.05, 3.63) is 51.0 Å². The Balaban J connectivity index is 1.86. The molecule has 1 aromatic carbocycles. The van der Waals surface area contributed by atoms with Crippen molar-refractivity contribution in [2.75, 3.05) is 0 Å². The molecule has 1 amide bonds. The maximum absolute atomic E-state index is 12.4. The van der Waals surface area contributed by atoms with E-state index in [1.807, 2.05) is 0 Å². The molecule has 2 aromatic rings. The predicted molar refractivity (Wildman–Crippen MR) is 104 cm³/mol. The average Bonchev–Trinajstić information content (AvgIpc) is 3.15. The highest BCUT2D eigenvalue weighted by molar-refractivity contribution is 8.26. The van der Waals surface area contributed by atoms with E-state index in [1.54, 1.807) is 30.3 Å². The summed E-state index contributed by atoms with van der Waals surface area (Å²) in [6.07, 6.45) is 1.52. The molecule has 1 fully saturated rings. The molecule has 0 spiro atoms. The maximum Gasteiger partial charge on any atom is 0.266 e. The number of hydrogen-bond acceptors (Lipinski definition) is 6. The van der Waals surface area contributed by atoms with Gasteiger partial charge in [-0.05, 0) is 37.3 Å². The fourth-order valence-electron chi connectivity index (χ4n) is 2.28. The van der Waals surface area contributed by atoms with E-state index in [9.17, 15) is 14.7 Å². The highest BCUT2D eigenvalue weighted by atomic mass is 35.5. The Kier molecular flexibility index (Phi) is 5.43. The Morgan fingerprint density at radius 1 is 1.31 bits per heavy atom. The Morgan fingerprint density at radius 2 is 2.04 bits per heavy atom. The number of furan rings is 1. The van der Waals surface area contributed by atoms with Crippen LogP contribution in [0.5, 0.6) is 0 Å². The molecule has 5 nitrogen and oxygen atoms in total. The fourth-order valence-corrected chi connectivity index (χ4v) is 3.98. The molecule has 26 heavy (non-hydrogen) atoms. The van der Waals surface area contributed by atoms with Gasteiger partial charge in [0, 0.05) is 11.6 Å². The molecule has 1 aromatic heterocycles. The van der Waals surface area contributed by atoms with E-state index >= 15 is 0 Å². The monoisotopic (exact) mass is 426 g/mol. The van der Waals surface area contributed by atoms with Crippen molar-refractivity contribution in [1.82, 2.24) is 4.90 Å². The van der Waals surface area contributed by atoms with Crippen LogP contribution in [0, 0.1) is 0 Å². The molecular formula is C17H10Cl2NO4S2-. The minimum absolute atomic E-state index is 0.161. The van der Waals surface area contributed by atoms with Gasteiger partial charge < -0.3 is 14.3 Å². The third kappa shape index (κ3) is 3.66. The van der Waals surface area contributed by atoms with Gasteiger partial charge >= 0.3 is 0 Å². The van der Waals surface area contributed by atoms with Crippen molar-refractivity contribution in [2.45, 2.75) is 13.0 Å². The number of aliphatic carboxylic acids is 1. The van der Waals surface area contributed by atoms with Crippen LogP contribution in [-0.4, -0.2) is 27.1 Å². The zero-order valence-corrected chi connectivity index (χ0v) is 16.3. The molecule has 0 saturated carbocycles. The van der Waals surface area contributed by atoms with E-state index in [0.717, 1.165) is 22.2 Å². The number of amides is 1. The first-order valence-electron chi connectivity index (χ1n) is 7.31. The van der Waals surface area contributed by atoms with E-state index in [1.165, 1.54) is 13.0 Å².